The molecule has 232 valence electrons. The molecule has 1 heterocycles. The minimum atomic E-state index is -0.700. The average Bonchev–Trinajstić information content (AvgIpc) is 3.76. The van der Waals surface area contributed by atoms with E-state index in [1.807, 2.05) is 18.2 Å². The summed E-state index contributed by atoms with van der Waals surface area (Å²) in [7, 11) is 2.31. The first-order chi connectivity index (χ1) is 20.6. The van der Waals surface area contributed by atoms with Gasteiger partial charge >= 0.3 is 11.9 Å². The zero-order chi connectivity index (χ0) is 30.5. The molecular weight excluding hydrogens is 540 g/mol. The maximum atomic E-state index is 13.2. The highest BCUT2D eigenvalue weighted by atomic mass is 16.6. The predicted octanol–water partition coefficient (Wildman–Crippen LogP) is 5.88. The summed E-state index contributed by atoms with van der Waals surface area (Å²) in [5, 5.41) is 3.37. The van der Waals surface area contributed by atoms with E-state index in [9.17, 15) is 14.4 Å². The molecule has 0 aromatic heterocycles. The van der Waals surface area contributed by atoms with Gasteiger partial charge in [0.2, 0.25) is 5.91 Å². The third-order valence-corrected chi connectivity index (χ3v) is 10.0. The van der Waals surface area contributed by atoms with Crippen LogP contribution < -0.4 is 10.1 Å². The molecule has 2 aliphatic carbocycles. The Morgan fingerprint density at radius 1 is 0.930 bits per heavy atom. The van der Waals surface area contributed by atoms with E-state index in [4.69, 9.17) is 9.47 Å². The number of rotatable bonds is 12. The van der Waals surface area contributed by atoms with Crippen LogP contribution in [0.1, 0.15) is 89.2 Å². The fraction of sp³-hybridized carbons (Fsp3) is 0.583. The van der Waals surface area contributed by atoms with E-state index in [1.165, 1.54) is 32.3 Å². The number of carbonyl (C=O) groups excluding carboxylic acids is 3. The van der Waals surface area contributed by atoms with Crippen LogP contribution in [0.4, 0.5) is 0 Å². The molecule has 2 aromatic rings. The monoisotopic (exact) mass is 589 g/mol. The van der Waals surface area contributed by atoms with Gasteiger partial charge in [0, 0.05) is 44.1 Å². The third-order valence-electron chi connectivity index (χ3n) is 10.0. The molecule has 0 radical (unpaired) electrons. The lowest BCUT2D eigenvalue weighted by Crippen LogP contribution is -2.72. The number of piperidine rings is 1. The summed E-state index contributed by atoms with van der Waals surface area (Å²) in [4.78, 5) is 37.7. The second-order valence-electron chi connectivity index (χ2n) is 13.7. The number of hydrogen-bond acceptors (Lipinski definition) is 5. The molecule has 1 saturated heterocycles. The molecule has 3 aliphatic rings. The molecule has 1 aliphatic heterocycles. The summed E-state index contributed by atoms with van der Waals surface area (Å²) in [5.74, 6) is 0.717. The quantitative estimate of drug-likeness (QED) is 0.145. The molecular formula is C36H49N2O5+. The molecule has 43 heavy (non-hydrogen) atoms. The molecule has 0 bridgehead atoms. The van der Waals surface area contributed by atoms with Crippen molar-refractivity contribution in [2.45, 2.75) is 102 Å². The average molecular weight is 590 g/mol. The molecule has 2 aromatic carbocycles. The molecule has 2 saturated carbocycles. The van der Waals surface area contributed by atoms with Crippen LogP contribution in [0.5, 0.6) is 5.75 Å². The van der Waals surface area contributed by atoms with Crippen LogP contribution in [0.15, 0.2) is 54.6 Å². The van der Waals surface area contributed by atoms with Gasteiger partial charge in [-0.2, -0.15) is 0 Å². The van der Waals surface area contributed by atoms with Gasteiger partial charge in [-0.05, 0) is 74.6 Å². The molecule has 4 atom stereocenters. The van der Waals surface area contributed by atoms with Crippen molar-refractivity contribution in [1.82, 2.24) is 5.32 Å². The fourth-order valence-corrected chi connectivity index (χ4v) is 8.02. The van der Waals surface area contributed by atoms with Crippen LogP contribution in [-0.2, 0) is 31.0 Å². The summed E-state index contributed by atoms with van der Waals surface area (Å²) in [6.07, 6.45) is 10.1. The highest BCUT2D eigenvalue weighted by molar-refractivity contribution is 5.76. The highest BCUT2D eigenvalue weighted by Gasteiger charge is 2.65. The topological polar surface area (TPSA) is 81.7 Å². The van der Waals surface area contributed by atoms with E-state index >= 15 is 0 Å². The molecule has 1 amide bonds. The smallest absolute Gasteiger partial charge is 0.308 e. The zero-order valence-corrected chi connectivity index (χ0v) is 26.2. The van der Waals surface area contributed by atoms with Gasteiger partial charge in [0.25, 0.3) is 0 Å². The largest absolute Gasteiger partial charge is 0.452 e. The number of esters is 2. The normalized spacial score (nSPS) is 28.4. The number of aryl methyl sites for hydroxylation is 1. The maximum Gasteiger partial charge on any atom is 0.308 e. The first-order valence-corrected chi connectivity index (χ1v) is 16.3. The Morgan fingerprint density at radius 2 is 1.72 bits per heavy atom. The van der Waals surface area contributed by atoms with E-state index in [0.717, 1.165) is 74.1 Å². The van der Waals surface area contributed by atoms with Crippen molar-refractivity contribution in [3.8, 4) is 5.75 Å². The number of likely N-dealkylation sites (N-methyl/N-ethyl adjacent to an activating group) is 1. The summed E-state index contributed by atoms with van der Waals surface area (Å²) >= 11 is 0. The van der Waals surface area contributed by atoms with Gasteiger partial charge in [-0.3, -0.25) is 14.4 Å². The van der Waals surface area contributed by atoms with E-state index in [1.54, 1.807) is 6.07 Å². The Hall–Kier alpha value is -3.19. The zero-order valence-electron chi connectivity index (χ0n) is 26.2. The summed E-state index contributed by atoms with van der Waals surface area (Å²) < 4.78 is 12.9. The van der Waals surface area contributed by atoms with Crippen molar-refractivity contribution in [2.24, 2.45) is 5.92 Å². The first-order valence-electron chi connectivity index (χ1n) is 16.3. The SMILES string of the molecule is CC(=O)Oc1cccc([C@@]23CC[N@+](C)(CC4CC4)CC2(OC(C)=O)CC[C@@H](NC(=O)CCCCCc2ccccc2)C3)c1. The van der Waals surface area contributed by atoms with Gasteiger partial charge in [0.1, 0.15) is 12.3 Å². The highest BCUT2D eigenvalue weighted by Crippen LogP contribution is 2.55. The van der Waals surface area contributed by atoms with E-state index < -0.39 is 11.0 Å². The van der Waals surface area contributed by atoms with Crippen molar-refractivity contribution >= 4 is 17.8 Å². The standard InChI is InChI=1S/C36H48N2O5/c1-27(39)42-33-15-10-14-31(23-33)35-21-22-38(3,25-30-17-18-30)26-36(35,43-28(2)40)20-19-32(24-35)37-34(41)16-9-5-8-13-29-11-6-4-7-12-29/h4,6-7,10-12,14-15,23,30,32H,5,8-9,13,16-22,24-26H2,1-3H3/p+1/t32-,35+,36?,38-/m1/s1. The Morgan fingerprint density at radius 3 is 2.44 bits per heavy atom. The second kappa shape index (κ2) is 13.2. The lowest BCUT2D eigenvalue weighted by molar-refractivity contribution is -0.924. The van der Waals surface area contributed by atoms with E-state index in [2.05, 4.69) is 42.7 Å². The van der Waals surface area contributed by atoms with E-state index in [-0.39, 0.29) is 23.9 Å². The van der Waals surface area contributed by atoms with Crippen LogP contribution in [0.2, 0.25) is 0 Å². The lowest BCUT2D eigenvalue weighted by atomic mass is 9.54. The van der Waals surface area contributed by atoms with Crippen LogP contribution in [0, 0.1) is 5.92 Å². The van der Waals surface area contributed by atoms with Gasteiger partial charge in [-0.1, -0.05) is 48.9 Å². The third kappa shape index (κ3) is 7.67. The van der Waals surface area contributed by atoms with Crippen molar-refractivity contribution in [3.05, 3.63) is 65.7 Å². The maximum absolute atomic E-state index is 13.2. The van der Waals surface area contributed by atoms with Crippen molar-refractivity contribution in [2.75, 3.05) is 26.7 Å². The van der Waals surface area contributed by atoms with Gasteiger partial charge < -0.3 is 19.3 Å². The molecule has 1 N–H and O–H groups in total. The van der Waals surface area contributed by atoms with Crippen LogP contribution >= 0.6 is 0 Å². The molecule has 7 heteroatoms. The summed E-state index contributed by atoms with van der Waals surface area (Å²) in [5.41, 5.74) is 1.16. The minimum Gasteiger partial charge on any atom is -0.452 e. The van der Waals surface area contributed by atoms with Crippen LogP contribution in [0.3, 0.4) is 0 Å². The Labute approximate surface area is 256 Å². The molecule has 3 fully saturated rings. The number of likely N-dealkylation sites (tertiary alicyclic amines) is 1. The number of ether oxygens (including phenoxy) is 2. The Kier molecular flexibility index (Phi) is 9.60. The van der Waals surface area contributed by atoms with Crippen molar-refractivity contribution in [1.29, 1.82) is 0 Å². The van der Waals surface area contributed by atoms with Gasteiger partial charge in [0.05, 0.1) is 20.1 Å². The second-order valence-corrected chi connectivity index (χ2v) is 13.7. The summed E-state index contributed by atoms with van der Waals surface area (Å²) in [6.45, 7) is 5.75. The lowest BCUT2D eigenvalue weighted by Gasteiger charge is -2.60. The van der Waals surface area contributed by atoms with Gasteiger partial charge in [0.15, 0.2) is 5.60 Å². The minimum absolute atomic E-state index is 0.0156. The number of nitrogens with one attached hydrogen (secondary N) is 1. The molecule has 7 nitrogen and oxygen atoms in total. The first kappa shape index (κ1) is 31.2. The molecule has 0 spiro atoms. The number of carbonyl (C=O) groups is 3. The van der Waals surface area contributed by atoms with Crippen LogP contribution in [0.25, 0.3) is 0 Å². The number of benzene rings is 2. The Balaban J connectivity index is 1.33. The fourth-order valence-electron chi connectivity index (χ4n) is 8.02. The van der Waals surface area contributed by atoms with Gasteiger partial charge in [-0.15, -0.1) is 0 Å². The van der Waals surface area contributed by atoms with Crippen molar-refractivity contribution < 1.29 is 28.3 Å². The number of amides is 1. The summed E-state index contributed by atoms with van der Waals surface area (Å²) in [6, 6.07) is 18.2. The Bertz CT molecular complexity index is 1290. The van der Waals surface area contributed by atoms with Crippen LogP contribution in [-0.4, -0.2) is 60.7 Å². The van der Waals surface area contributed by atoms with Crippen molar-refractivity contribution in [3.63, 3.8) is 0 Å². The number of quaternary nitrogens is 1. The predicted molar refractivity (Wildman–Crippen MR) is 166 cm³/mol. The number of unbranched alkanes of at least 4 members (excludes halogenated alkanes) is 2. The number of hydrogen-bond donors (Lipinski definition) is 1. The van der Waals surface area contributed by atoms with E-state index in [0.29, 0.717) is 25.0 Å². The number of nitrogens with zero attached hydrogens (tertiary/aromatic N) is 1. The number of fused-ring (bicyclic) bond motifs is 1. The molecule has 1 unspecified atom stereocenters. The molecule has 5 rings (SSSR count). The van der Waals surface area contributed by atoms with Gasteiger partial charge in [-0.25, -0.2) is 0 Å².